The molecule has 1 aliphatic carbocycles. The lowest BCUT2D eigenvalue weighted by Crippen LogP contribution is -2.35. The first-order valence-electron chi connectivity index (χ1n) is 9.69. The average molecular weight is 391 g/mol. The van der Waals surface area contributed by atoms with Crippen molar-refractivity contribution in [3.63, 3.8) is 0 Å². The van der Waals surface area contributed by atoms with Gasteiger partial charge in [-0.1, -0.05) is 32.9 Å². The van der Waals surface area contributed by atoms with Crippen LogP contribution in [0.15, 0.2) is 12.2 Å². The molecule has 1 saturated heterocycles. The zero-order valence-electron chi connectivity index (χ0n) is 17.2. The Morgan fingerprint density at radius 2 is 2.11 bits per heavy atom. The number of hydrogen-bond donors (Lipinski definition) is 0. The lowest BCUT2D eigenvalue weighted by atomic mass is 9.79. The molecule has 0 N–H and O–H groups in total. The molecule has 1 heterocycles. The molecule has 0 aromatic rings. The summed E-state index contributed by atoms with van der Waals surface area (Å²) in [5.41, 5.74) is -1.96. The van der Waals surface area contributed by atoms with Gasteiger partial charge in [-0.2, -0.15) is 5.26 Å². The standard InChI is InChI=1S/C21H29NO6/c1-6-7-20(5,13(2)3)18(24)27-11-17(23)26-10-16-15-8-14(4)9-21(15,12-22)19(25)28-16/h6-7,13-16H,8-11H2,1-5H3/b7-6-. The third-order valence-electron chi connectivity index (χ3n) is 6.11. The fourth-order valence-electron chi connectivity index (χ4n) is 4.11. The molecule has 7 nitrogen and oxygen atoms in total. The zero-order valence-corrected chi connectivity index (χ0v) is 17.2. The second kappa shape index (κ2) is 8.34. The highest BCUT2D eigenvalue weighted by Gasteiger charge is 2.62. The number of carbonyl (C=O) groups excluding carboxylic acids is 3. The number of hydrogen-bond acceptors (Lipinski definition) is 7. The van der Waals surface area contributed by atoms with Gasteiger partial charge in [0.1, 0.15) is 12.7 Å². The van der Waals surface area contributed by atoms with Gasteiger partial charge in [-0.15, -0.1) is 0 Å². The Labute approximate surface area is 166 Å². The topological polar surface area (TPSA) is 103 Å². The van der Waals surface area contributed by atoms with Gasteiger partial charge in [-0.3, -0.25) is 9.59 Å². The summed E-state index contributed by atoms with van der Waals surface area (Å²) < 4.78 is 15.6. The first-order valence-corrected chi connectivity index (χ1v) is 9.69. The zero-order chi connectivity index (χ0) is 21.1. The Hall–Kier alpha value is -2.36. The van der Waals surface area contributed by atoms with E-state index in [4.69, 9.17) is 14.2 Å². The van der Waals surface area contributed by atoms with Crippen LogP contribution < -0.4 is 0 Å². The van der Waals surface area contributed by atoms with Crippen LogP contribution in [0.3, 0.4) is 0 Å². The molecule has 154 valence electrons. The van der Waals surface area contributed by atoms with Crippen molar-refractivity contribution in [2.45, 2.75) is 53.6 Å². The Kier molecular flexibility index (Phi) is 6.53. The quantitative estimate of drug-likeness (QED) is 0.373. The predicted octanol–water partition coefficient (Wildman–Crippen LogP) is 2.79. The minimum absolute atomic E-state index is 0.00594. The number of cyclic esters (lactones) is 1. The van der Waals surface area contributed by atoms with Crippen LogP contribution >= 0.6 is 0 Å². The summed E-state index contributed by atoms with van der Waals surface area (Å²) in [4.78, 5) is 36.6. The van der Waals surface area contributed by atoms with Crippen molar-refractivity contribution >= 4 is 17.9 Å². The molecule has 0 spiro atoms. The molecule has 5 atom stereocenters. The van der Waals surface area contributed by atoms with Gasteiger partial charge in [0.25, 0.3) is 0 Å². The smallest absolute Gasteiger partial charge is 0.344 e. The van der Waals surface area contributed by atoms with E-state index >= 15 is 0 Å². The Morgan fingerprint density at radius 3 is 2.68 bits per heavy atom. The molecular weight excluding hydrogens is 362 g/mol. The number of carbonyl (C=O) groups is 3. The molecule has 0 aromatic carbocycles. The summed E-state index contributed by atoms with van der Waals surface area (Å²) in [5.74, 6) is -1.80. The van der Waals surface area contributed by atoms with Gasteiger partial charge >= 0.3 is 17.9 Å². The minimum atomic E-state index is -1.13. The fraction of sp³-hybridized carbons (Fsp3) is 0.714. The van der Waals surface area contributed by atoms with Crippen molar-refractivity contribution in [2.24, 2.45) is 28.6 Å². The van der Waals surface area contributed by atoms with Crippen LogP contribution in [0.2, 0.25) is 0 Å². The van der Waals surface area contributed by atoms with Gasteiger partial charge in [0.05, 0.1) is 11.5 Å². The van der Waals surface area contributed by atoms with Crippen molar-refractivity contribution in [1.82, 2.24) is 0 Å². The first kappa shape index (κ1) is 21.9. The van der Waals surface area contributed by atoms with E-state index in [2.05, 4.69) is 6.07 Å². The maximum atomic E-state index is 12.4. The molecule has 1 saturated carbocycles. The van der Waals surface area contributed by atoms with Crippen molar-refractivity contribution in [3.05, 3.63) is 12.2 Å². The number of fused-ring (bicyclic) bond motifs is 1. The number of rotatable bonds is 7. The molecule has 2 fully saturated rings. The van der Waals surface area contributed by atoms with Crippen LogP contribution in [-0.2, 0) is 28.6 Å². The summed E-state index contributed by atoms with van der Waals surface area (Å²) in [6.45, 7) is 8.71. The van der Waals surface area contributed by atoms with Crippen LogP contribution in [0.1, 0.15) is 47.5 Å². The first-order chi connectivity index (χ1) is 13.1. The summed E-state index contributed by atoms with van der Waals surface area (Å²) >= 11 is 0. The number of ether oxygens (including phenoxy) is 3. The van der Waals surface area contributed by atoms with Crippen molar-refractivity contribution in [3.8, 4) is 6.07 Å². The highest BCUT2D eigenvalue weighted by molar-refractivity contribution is 5.84. The van der Waals surface area contributed by atoms with E-state index < -0.39 is 41.4 Å². The fourth-order valence-corrected chi connectivity index (χ4v) is 4.11. The number of nitriles is 1. The Balaban J connectivity index is 1.89. The van der Waals surface area contributed by atoms with Crippen LogP contribution in [0, 0.1) is 39.9 Å². The van der Waals surface area contributed by atoms with E-state index in [0.29, 0.717) is 12.8 Å². The largest absolute Gasteiger partial charge is 0.459 e. The molecular formula is C21H29NO6. The van der Waals surface area contributed by atoms with Gasteiger partial charge in [-0.05, 0) is 38.5 Å². The molecule has 0 aromatic heterocycles. The van der Waals surface area contributed by atoms with Crippen molar-refractivity contribution < 1.29 is 28.6 Å². The predicted molar refractivity (Wildman–Crippen MR) is 99.5 cm³/mol. The van der Waals surface area contributed by atoms with Crippen LogP contribution in [0.25, 0.3) is 0 Å². The lowest BCUT2D eigenvalue weighted by molar-refractivity contribution is -0.167. The third kappa shape index (κ3) is 3.91. The van der Waals surface area contributed by atoms with Gasteiger partial charge < -0.3 is 14.2 Å². The average Bonchev–Trinajstić information content (AvgIpc) is 3.11. The van der Waals surface area contributed by atoms with E-state index in [-0.39, 0.29) is 24.4 Å². The van der Waals surface area contributed by atoms with Gasteiger partial charge in [0.2, 0.25) is 0 Å². The second-order valence-electron chi connectivity index (χ2n) is 8.37. The number of nitrogens with zero attached hydrogens (tertiary/aromatic N) is 1. The molecule has 2 rings (SSSR count). The summed E-state index contributed by atoms with van der Waals surface area (Å²) in [7, 11) is 0. The van der Waals surface area contributed by atoms with E-state index in [1.165, 1.54) is 0 Å². The second-order valence-corrected chi connectivity index (χ2v) is 8.37. The van der Waals surface area contributed by atoms with Gasteiger partial charge in [0.15, 0.2) is 12.0 Å². The minimum Gasteiger partial charge on any atom is -0.459 e. The summed E-state index contributed by atoms with van der Waals surface area (Å²) in [6, 6.07) is 2.13. The third-order valence-corrected chi connectivity index (χ3v) is 6.11. The van der Waals surface area contributed by atoms with E-state index in [1.54, 1.807) is 19.1 Å². The SMILES string of the molecule is C/C=C\C(C)(C(=O)OCC(=O)OCC1OC(=O)C2(C#N)CC(C)CC12)C(C)C. The van der Waals surface area contributed by atoms with E-state index in [0.717, 1.165) is 0 Å². The monoisotopic (exact) mass is 391 g/mol. The molecule has 28 heavy (non-hydrogen) atoms. The van der Waals surface area contributed by atoms with E-state index in [1.807, 2.05) is 27.7 Å². The Morgan fingerprint density at radius 1 is 1.43 bits per heavy atom. The molecule has 5 unspecified atom stereocenters. The molecule has 1 aliphatic heterocycles. The maximum Gasteiger partial charge on any atom is 0.344 e. The summed E-state index contributed by atoms with van der Waals surface area (Å²) in [6.07, 6.45) is 4.03. The molecule has 0 bridgehead atoms. The van der Waals surface area contributed by atoms with Crippen LogP contribution in [0.4, 0.5) is 0 Å². The Bertz CT molecular complexity index is 708. The van der Waals surface area contributed by atoms with Crippen LogP contribution in [0.5, 0.6) is 0 Å². The maximum absolute atomic E-state index is 12.4. The van der Waals surface area contributed by atoms with Gasteiger partial charge in [-0.25, -0.2) is 4.79 Å². The molecule has 0 amide bonds. The molecule has 7 heteroatoms. The van der Waals surface area contributed by atoms with Crippen molar-refractivity contribution in [1.29, 1.82) is 5.26 Å². The van der Waals surface area contributed by atoms with Crippen molar-refractivity contribution in [2.75, 3.05) is 13.2 Å². The van der Waals surface area contributed by atoms with Crippen LogP contribution in [-0.4, -0.2) is 37.2 Å². The lowest BCUT2D eigenvalue weighted by Gasteiger charge is -2.27. The highest BCUT2D eigenvalue weighted by atomic mass is 16.6. The van der Waals surface area contributed by atoms with Gasteiger partial charge in [0, 0.05) is 5.92 Å². The number of allylic oxidation sites excluding steroid dienone is 1. The molecule has 0 radical (unpaired) electrons. The van der Waals surface area contributed by atoms with E-state index in [9.17, 15) is 19.6 Å². The normalized spacial score (nSPS) is 31.2. The number of esters is 3. The highest BCUT2D eigenvalue weighted by Crippen LogP contribution is 2.53. The molecule has 2 aliphatic rings. The summed E-state index contributed by atoms with van der Waals surface area (Å²) in [5, 5.41) is 9.50.